The number of nitro benzene ring substituents is 1. The summed E-state index contributed by atoms with van der Waals surface area (Å²) in [5.41, 5.74) is 1.59. The lowest BCUT2D eigenvalue weighted by Gasteiger charge is -2.49. The summed E-state index contributed by atoms with van der Waals surface area (Å²) in [6, 6.07) is 10.1. The van der Waals surface area contributed by atoms with E-state index in [4.69, 9.17) is 0 Å². The second kappa shape index (κ2) is 9.27. The van der Waals surface area contributed by atoms with Gasteiger partial charge in [0.05, 0.1) is 22.4 Å². The predicted octanol–water partition coefficient (Wildman–Crippen LogP) is 3.26. The van der Waals surface area contributed by atoms with Crippen LogP contribution in [0.5, 0.6) is 0 Å². The molecule has 192 valence electrons. The normalized spacial score (nSPS) is 22.7. The van der Waals surface area contributed by atoms with Crippen molar-refractivity contribution in [3.05, 3.63) is 63.7 Å². The van der Waals surface area contributed by atoms with Gasteiger partial charge in [0.2, 0.25) is 5.91 Å². The smallest absolute Gasteiger partial charge is 0.368 e. The molecule has 3 aliphatic heterocycles. The number of rotatable bonds is 3. The van der Waals surface area contributed by atoms with E-state index in [2.05, 4.69) is 9.80 Å². The molecule has 3 heterocycles. The van der Waals surface area contributed by atoms with Crippen LogP contribution in [-0.2, 0) is 17.4 Å². The Morgan fingerprint density at radius 1 is 1.03 bits per heavy atom. The van der Waals surface area contributed by atoms with Crippen LogP contribution in [0.25, 0.3) is 0 Å². The Balaban J connectivity index is 1.33. The van der Waals surface area contributed by atoms with E-state index in [1.165, 1.54) is 12.1 Å². The van der Waals surface area contributed by atoms with Gasteiger partial charge in [-0.05, 0) is 43.3 Å². The maximum Gasteiger partial charge on any atom is 0.416 e. The number of amides is 1. The molecular formula is C25H28F3N5O3. The summed E-state index contributed by atoms with van der Waals surface area (Å²) in [4.78, 5) is 32.8. The zero-order valence-corrected chi connectivity index (χ0v) is 19.9. The van der Waals surface area contributed by atoms with Gasteiger partial charge < -0.3 is 19.6 Å². The molecule has 3 aliphatic rings. The van der Waals surface area contributed by atoms with Crippen LogP contribution in [0.1, 0.15) is 11.1 Å². The van der Waals surface area contributed by atoms with Crippen LogP contribution < -0.4 is 9.80 Å². The molecule has 1 amide bonds. The number of anilines is 2. The first-order valence-electron chi connectivity index (χ1n) is 12.1. The van der Waals surface area contributed by atoms with Crippen LogP contribution in [0.2, 0.25) is 0 Å². The molecule has 2 aromatic carbocycles. The standard InChI is InChI=1S/C25H28F3N5O3/c1-29-7-12-32-22-6-5-20(33(35)36)13-17(22)14-21(23(32)16-29)24(34)31-10-8-30(9-11-31)19-4-2-3-18(15-19)25(26,27)28/h2-6,13,15,21,23H,7-12,14,16H2,1H3/t21-,23-/m1/s1. The quantitative estimate of drug-likeness (QED) is 0.473. The summed E-state index contributed by atoms with van der Waals surface area (Å²) >= 11 is 0. The Labute approximate surface area is 207 Å². The Morgan fingerprint density at radius 2 is 1.78 bits per heavy atom. The van der Waals surface area contributed by atoms with Gasteiger partial charge in [0, 0.05) is 69.3 Å². The number of piperazine rings is 2. The van der Waals surface area contributed by atoms with Gasteiger partial charge >= 0.3 is 6.18 Å². The van der Waals surface area contributed by atoms with Crippen LogP contribution >= 0.6 is 0 Å². The van der Waals surface area contributed by atoms with E-state index in [-0.39, 0.29) is 23.6 Å². The van der Waals surface area contributed by atoms with E-state index in [1.807, 2.05) is 11.9 Å². The van der Waals surface area contributed by atoms with Crippen molar-refractivity contribution in [3.8, 4) is 0 Å². The molecule has 11 heteroatoms. The van der Waals surface area contributed by atoms with E-state index >= 15 is 0 Å². The fraction of sp³-hybridized carbons (Fsp3) is 0.480. The van der Waals surface area contributed by atoms with E-state index in [1.54, 1.807) is 23.1 Å². The average Bonchev–Trinajstić information content (AvgIpc) is 2.87. The Morgan fingerprint density at radius 3 is 2.47 bits per heavy atom. The van der Waals surface area contributed by atoms with Gasteiger partial charge in [0.25, 0.3) is 5.69 Å². The second-order valence-electron chi connectivity index (χ2n) is 9.76. The molecule has 8 nitrogen and oxygen atoms in total. The molecule has 2 atom stereocenters. The number of benzene rings is 2. The van der Waals surface area contributed by atoms with Crippen molar-refractivity contribution in [2.75, 3.05) is 62.7 Å². The van der Waals surface area contributed by atoms with Gasteiger partial charge in [0.1, 0.15) is 0 Å². The third-order valence-corrected chi connectivity index (χ3v) is 7.56. The minimum absolute atomic E-state index is 0.00106. The first-order valence-corrected chi connectivity index (χ1v) is 12.1. The van der Waals surface area contributed by atoms with E-state index in [9.17, 15) is 28.1 Å². The van der Waals surface area contributed by atoms with Crippen LogP contribution in [0.4, 0.5) is 30.2 Å². The van der Waals surface area contributed by atoms with Crippen molar-refractivity contribution in [2.24, 2.45) is 5.92 Å². The highest BCUT2D eigenvalue weighted by molar-refractivity contribution is 5.83. The predicted molar refractivity (Wildman–Crippen MR) is 129 cm³/mol. The average molecular weight is 504 g/mol. The lowest BCUT2D eigenvalue weighted by atomic mass is 9.82. The number of non-ortho nitro benzene ring substituents is 1. The summed E-state index contributed by atoms with van der Waals surface area (Å²) in [6.07, 6.45) is -3.97. The Bertz CT molecular complexity index is 1170. The van der Waals surface area contributed by atoms with Gasteiger partial charge in [-0.2, -0.15) is 13.2 Å². The number of nitrogens with zero attached hydrogens (tertiary/aromatic N) is 5. The van der Waals surface area contributed by atoms with Crippen molar-refractivity contribution < 1.29 is 22.9 Å². The SMILES string of the molecule is CN1CCN2c3ccc([N+](=O)[O-])cc3C[C@@H](C(=O)N3CCN(c4cccc(C(F)(F)F)c4)CC3)[C@H]2C1. The van der Waals surface area contributed by atoms with Crippen molar-refractivity contribution in [1.29, 1.82) is 0 Å². The van der Waals surface area contributed by atoms with E-state index < -0.39 is 16.7 Å². The number of likely N-dealkylation sites (N-methyl/N-ethyl adjacent to an activating group) is 1. The molecule has 2 saturated heterocycles. The van der Waals surface area contributed by atoms with Crippen LogP contribution in [-0.4, -0.2) is 79.5 Å². The maximum absolute atomic E-state index is 13.8. The first-order chi connectivity index (χ1) is 17.1. The third kappa shape index (κ3) is 4.59. The van der Waals surface area contributed by atoms with Gasteiger partial charge in [-0.3, -0.25) is 14.9 Å². The Hall–Kier alpha value is -3.34. The minimum Gasteiger partial charge on any atom is -0.368 e. The number of nitro groups is 1. The number of carbonyl (C=O) groups excluding carboxylic acids is 1. The maximum atomic E-state index is 13.8. The molecule has 0 radical (unpaired) electrons. The molecule has 2 fully saturated rings. The molecule has 2 aromatic rings. The number of fused-ring (bicyclic) bond motifs is 3. The molecule has 0 saturated carbocycles. The number of halogens is 3. The number of alkyl halides is 3. The third-order valence-electron chi connectivity index (χ3n) is 7.56. The molecular weight excluding hydrogens is 475 g/mol. The van der Waals surface area contributed by atoms with Crippen molar-refractivity contribution in [1.82, 2.24) is 9.80 Å². The molecule has 0 aromatic heterocycles. The summed E-state index contributed by atoms with van der Waals surface area (Å²) in [6.45, 7) is 4.00. The molecule has 0 bridgehead atoms. The summed E-state index contributed by atoms with van der Waals surface area (Å²) in [5, 5.41) is 11.3. The summed E-state index contributed by atoms with van der Waals surface area (Å²) in [5.74, 6) is -0.344. The Kier molecular flexibility index (Phi) is 6.27. The minimum atomic E-state index is -4.40. The van der Waals surface area contributed by atoms with Crippen LogP contribution in [0, 0.1) is 16.0 Å². The summed E-state index contributed by atoms with van der Waals surface area (Å²) < 4.78 is 39.4. The van der Waals surface area contributed by atoms with Gasteiger partial charge in [-0.15, -0.1) is 0 Å². The zero-order valence-electron chi connectivity index (χ0n) is 19.9. The fourth-order valence-corrected chi connectivity index (χ4v) is 5.65. The van der Waals surface area contributed by atoms with Crippen LogP contribution in [0.3, 0.4) is 0 Å². The lowest BCUT2D eigenvalue weighted by Crippen LogP contribution is -2.61. The highest BCUT2D eigenvalue weighted by atomic mass is 19.4. The van der Waals surface area contributed by atoms with Crippen molar-refractivity contribution >= 4 is 23.0 Å². The molecule has 5 rings (SSSR count). The van der Waals surface area contributed by atoms with Gasteiger partial charge in [-0.1, -0.05) is 6.07 Å². The fourth-order valence-electron chi connectivity index (χ4n) is 5.65. The van der Waals surface area contributed by atoms with Gasteiger partial charge in [-0.25, -0.2) is 0 Å². The second-order valence-corrected chi connectivity index (χ2v) is 9.76. The molecule has 0 spiro atoms. The lowest BCUT2D eigenvalue weighted by molar-refractivity contribution is -0.384. The number of carbonyl (C=O) groups is 1. The van der Waals surface area contributed by atoms with E-state index in [0.717, 1.165) is 43.0 Å². The topological polar surface area (TPSA) is 73.2 Å². The zero-order chi connectivity index (χ0) is 25.6. The number of hydrogen-bond acceptors (Lipinski definition) is 6. The largest absolute Gasteiger partial charge is 0.416 e. The first kappa shape index (κ1) is 24.4. The molecule has 0 N–H and O–H groups in total. The van der Waals surface area contributed by atoms with Crippen molar-refractivity contribution in [3.63, 3.8) is 0 Å². The van der Waals surface area contributed by atoms with E-state index in [0.29, 0.717) is 38.3 Å². The number of hydrogen-bond donors (Lipinski definition) is 0. The molecule has 0 aliphatic carbocycles. The molecule has 0 unspecified atom stereocenters. The van der Waals surface area contributed by atoms with Crippen LogP contribution in [0.15, 0.2) is 42.5 Å². The highest BCUT2D eigenvalue weighted by Gasteiger charge is 2.43. The highest BCUT2D eigenvalue weighted by Crippen LogP contribution is 2.38. The van der Waals surface area contributed by atoms with Crippen molar-refractivity contribution in [2.45, 2.75) is 18.6 Å². The summed E-state index contributed by atoms with van der Waals surface area (Å²) in [7, 11) is 2.03. The van der Waals surface area contributed by atoms with Gasteiger partial charge in [0.15, 0.2) is 0 Å². The monoisotopic (exact) mass is 503 g/mol. The molecule has 36 heavy (non-hydrogen) atoms.